The molecule has 1 saturated heterocycles. The Morgan fingerprint density at radius 3 is 2.60 bits per heavy atom. The molecular weight excluding hydrogens is 320 g/mol. The van der Waals surface area contributed by atoms with Crippen LogP contribution in [0.4, 0.5) is 5.95 Å². The predicted octanol–water partition coefficient (Wildman–Crippen LogP) is 1.25. The number of nitrogens with two attached hydrogens (primary N) is 1. The third-order valence-corrected chi connectivity index (χ3v) is 4.73. The zero-order valence-electron chi connectivity index (χ0n) is 13.5. The van der Waals surface area contributed by atoms with Crippen LogP contribution in [0.25, 0.3) is 10.8 Å². The first-order chi connectivity index (χ1) is 12.1. The van der Waals surface area contributed by atoms with E-state index < -0.39 is 0 Å². The summed E-state index contributed by atoms with van der Waals surface area (Å²) < 4.78 is 0. The monoisotopic (exact) mass is 338 g/mol. The first-order valence-electron chi connectivity index (χ1n) is 8.21. The molecule has 1 fully saturated rings. The van der Waals surface area contributed by atoms with Gasteiger partial charge in [-0.2, -0.15) is 4.98 Å². The topological polar surface area (TPSA) is 121 Å². The second kappa shape index (κ2) is 6.04. The molecular formula is C17H18N6O2. The number of nitrogen functional groups attached to an aromatic ring is 1. The van der Waals surface area contributed by atoms with Gasteiger partial charge in [0.05, 0.1) is 5.56 Å². The van der Waals surface area contributed by atoms with Gasteiger partial charge in [-0.1, -0.05) is 18.2 Å². The van der Waals surface area contributed by atoms with Crippen LogP contribution in [-0.4, -0.2) is 44.1 Å². The van der Waals surface area contributed by atoms with Gasteiger partial charge in [0, 0.05) is 36.0 Å². The highest BCUT2D eigenvalue weighted by molar-refractivity contribution is 6.06. The van der Waals surface area contributed by atoms with Crippen molar-refractivity contribution in [3.63, 3.8) is 0 Å². The Balaban J connectivity index is 1.55. The number of pyridine rings is 1. The standard InChI is InChI=1S/C17H18N6O2/c18-17-20-14(21-22-17)10-5-7-23(8-6-10)16(25)13-9-19-15(24)12-4-2-1-3-11(12)13/h1-4,9-10H,5-8H2,(H,19,24)(H3,18,20,21,22). The number of nitrogens with one attached hydrogen (secondary N) is 2. The van der Waals surface area contributed by atoms with Crippen LogP contribution >= 0.6 is 0 Å². The van der Waals surface area contributed by atoms with Crippen LogP contribution in [0.3, 0.4) is 0 Å². The van der Waals surface area contributed by atoms with Crippen molar-refractivity contribution in [3.8, 4) is 0 Å². The van der Waals surface area contributed by atoms with Gasteiger partial charge in [-0.25, -0.2) is 0 Å². The van der Waals surface area contributed by atoms with Gasteiger partial charge in [0.15, 0.2) is 0 Å². The van der Waals surface area contributed by atoms with Gasteiger partial charge < -0.3 is 15.6 Å². The van der Waals surface area contributed by atoms with Crippen molar-refractivity contribution in [2.75, 3.05) is 18.8 Å². The van der Waals surface area contributed by atoms with Gasteiger partial charge in [-0.3, -0.25) is 14.7 Å². The number of carbonyl (C=O) groups is 1. The number of aromatic nitrogens is 4. The Hall–Kier alpha value is -3.16. The van der Waals surface area contributed by atoms with Crippen molar-refractivity contribution in [2.45, 2.75) is 18.8 Å². The maximum atomic E-state index is 12.9. The molecule has 128 valence electrons. The molecule has 1 aliphatic heterocycles. The second-order valence-corrected chi connectivity index (χ2v) is 6.22. The molecule has 0 radical (unpaired) electrons. The Morgan fingerprint density at radius 2 is 1.92 bits per heavy atom. The summed E-state index contributed by atoms with van der Waals surface area (Å²) >= 11 is 0. The molecule has 1 amide bonds. The van der Waals surface area contributed by atoms with Crippen molar-refractivity contribution in [2.24, 2.45) is 0 Å². The third-order valence-electron chi connectivity index (χ3n) is 4.73. The Morgan fingerprint density at radius 1 is 1.20 bits per heavy atom. The quantitative estimate of drug-likeness (QED) is 0.649. The molecule has 4 rings (SSSR count). The van der Waals surface area contributed by atoms with Crippen LogP contribution in [-0.2, 0) is 0 Å². The number of aromatic amines is 2. The SMILES string of the molecule is Nc1n[nH]c(C2CCN(C(=O)c3c[nH]c(=O)c4ccccc34)CC2)n1. The lowest BCUT2D eigenvalue weighted by atomic mass is 9.95. The maximum Gasteiger partial charge on any atom is 0.255 e. The second-order valence-electron chi connectivity index (χ2n) is 6.22. The minimum Gasteiger partial charge on any atom is -0.367 e. The van der Waals surface area contributed by atoms with Gasteiger partial charge in [0.1, 0.15) is 5.82 Å². The number of anilines is 1. The van der Waals surface area contributed by atoms with Gasteiger partial charge >= 0.3 is 0 Å². The molecule has 25 heavy (non-hydrogen) atoms. The van der Waals surface area contributed by atoms with Crippen LogP contribution in [0.15, 0.2) is 35.3 Å². The Bertz CT molecular complexity index is 984. The van der Waals surface area contributed by atoms with E-state index in [1.54, 1.807) is 12.1 Å². The summed E-state index contributed by atoms with van der Waals surface area (Å²) in [6.07, 6.45) is 3.10. The first-order valence-corrected chi connectivity index (χ1v) is 8.21. The van der Waals surface area contributed by atoms with Crippen LogP contribution in [0.2, 0.25) is 0 Å². The minimum absolute atomic E-state index is 0.0667. The summed E-state index contributed by atoms with van der Waals surface area (Å²) in [4.78, 5) is 33.5. The highest BCUT2D eigenvalue weighted by Crippen LogP contribution is 2.27. The zero-order chi connectivity index (χ0) is 17.4. The van der Waals surface area contributed by atoms with Crippen molar-refractivity contribution < 1.29 is 4.79 Å². The van der Waals surface area contributed by atoms with Crippen LogP contribution in [0, 0.1) is 0 Å². The maximum absolute atomic E-state index is 12.9. The van der Waals surface area contributed by atoms with E-state index >= 15 is 0 Å². The van der Waals surface area contributed by atoms with Crippen LogP contribution in [0.5, 0.6) is 0 Å². The number of nitrogens with zero attached hydrogens (tertiary/aromatic N) is 3. The summed E-state index contributed by atoms with van der Waals surface area (Å²) in [5.74, 6) is 1.18. The molecule has 0 atom stereocenters. The van der Waals surface area contributed by atoms with E-state index in [1.807, 2.05) is 17.0 Å². The number of hydrogen-bond donors (Lipinski definition) is 3. The number of fused-ring (bicyclic) bond motifs is 1. The fraction of sp³-hybridized carbons (Fsp3) is 0.294. The van der Waals surface area contributed by atoms with E-state index in [-0.39, 0.29) is 23.3 Å². The summed E-state index contributed by atoms with van der Waals surface area (Å²) in [6, 6.07) is 7.16. The summed E-state index contributed by atoms with van der Waals surface area (Å²) in [5.41, 5.74) is 5.89. The number of piperidine rings is 1. The van der Waals surface area contributed by atoms with E-state index in [2.05, 4.69) is 20.2 Å². The molecule has 3 heterocycles. The molecule has 0 bridgehead atoms. The smallest absolute Gasteiger partial charge is 0.255 e. The average Bonchev–Trinajstić information content (AvgIpc) is 3.08. The molecule has 0 unspecified atom stereocenters. The number of benzene rings is 1. The first kappa shape index (κ1) is 15.4. The van der Waals surface area contributed by atoms with Crippen LogP contribution in [0.1, 0.15) is 34.9 Å². The van der Waals surface area contributed by atoms with Gasteiger partial charge in [-0.15, -0.1) is 5.10 Å². The van der Waals surface area contributed by atoms with Crippen molar-refractivity contribution >= 4 is 22.6 Å². The normalized spacial score (nSPS) is 15.6. The van der Waals surface area contributed by atoms with Gasteiger partial charge in [0.2, 0.25) is 5.95 Å². The van der Waals surface area contributed by atoms with Gasteiger partial charge in [-0.05, 0) is 18.9 Å². The number of amides is 1. The van der Waals surface area contributed by atoms with E-state index in [4.69, 9.17) is 5.73 Å². The highest BCUT2D eigenvalue weighted by atomic mass is 16.2. The summed E-state index contributed by atoms with van der Waals surface area (Å²) in [7, 11) is 0. The lowest BCUT2D eigenvalue weighted by molar-refractivity contribution is 0.0712. The third kappa shape index (κ3) is 2.75. The largest absolute Gasteiger partial charge is 0.367 e. The Labute approximate surface area is 143 Å². The van der Waals surface area contributed by atoms with E-state index in [0.717, 1.165) is 18.7 Å². The highest BCUT2D eigenvalue weighted by Gasteiger charge is 2.27. The molecule has 2 aromatic heterocycles. The van der Waals surface area contributed by atoms with Crippen LogP contribution < -0.4 is 11.3 Å². The lowest BCUT2D eigenvalue weighted by Crippen LogP contribution is -2.38. The van der Waals surface area contributed by atoms with Crippen molar-refractivity contribution in [1.82, 2.24) is 25.1 Å². The molecule has 1 aliphatic rings. The number of likely N-dealkylation sites (tertiary alicyclic amines) is 1. The van der Waals surface area contributed by atoms with Gasteiger partial charge in [0.25, 0.3) is 11.5 Å². The lowest BCUT2D eigenvalue weighted by Gasteiger charge is -2.31. The number of H-pyrrole nitrogens is 2. The van der Waals surface area contributed by atoms with E-state index in [1.165, 1.54) is 6.20 Å². The summed E-state index contributed by atoms with van der Waals surface area (Å²) in [5, 5.41) is 7.93. The predicted molar refractivity (Wildman–Crippen MR) is 93.2 cm³/mol. The molecule has 1 aromatic carbocycles. The zero-order valence-corrected chi connectivity index (χ0v) is 13.5. The molecule has 0 aliphatic carbocycles. The van der Waals surface area contributed by atoms with E-state index in [0.29, 0.717) is 29.4 Å². The fourth-order valence-electron chi connectivity index (χ4n) is 3.38. The number of hydrogen-bond acceptors (Lipinski definition) is 5. The minimum atomic E-state index is -0.186. The van der Waals surface area contributed by atoms with Crippen molar-refractivity contribution in [1.29, 1.82) is 0 Å². The van der Waals surface area contributed by atoms with Crippen molar-refractivity contribution in [3.05, 3.63) is 52.2 Å². The van der Waals surface area contributed by atoms with E-state index in [9.17, 15) is 9.59 Å². The Kier molecular flexibility index (Phi) is 3.72. The summed E-state index contributed by atoms with van der Waals surface area (Å²) in [6.45, 7) is 1.25. The number of rotatable bonds is 2. The number of carbonyl (C=O) groups excluding carboxylic acids is 1. The molecule has 4 N–H and O–H groups in total. The molecule has 8 nitrogen and oxygen atoms in total. The average molecular weight is 338 g/mol. The molecule has 0 spiro atoms. The fourth-order valence-corrected chi connectivity index (χ4v) is 3.38. The molecule has 0 saturated carbocycles. The molecule has 3 aromatic rings. The molecule has 8 heteroatoms.